The van der Waals surface area contributed by atoms with Gasteiger partial charge in [-0.25, -0.2) is 8.78 Å². The second-order valence-electron chi connectivity index (χ2n) is 4.23. The van der Waals surface area contributed by atoms with E-state index in [4.69, 9.17) is 0 Å². The van der Waals surface area contributed by atoms with E-state index in [1.54, 1.807) is 11.8 Å². The van der Waals surface area contributed by atoms with E-state index in [1.165, 1.54) is 12.1 Å². The summed E-state index contributed by atoms with van der Waals surface area (Å²) in [6, 6.07) is 3.62. The average Bonchev–Trinajstić information content (AvgIpc) is 2.13. The summed E-state index contributed by atoms with van der Waals surface area (Å²) in [7, 11) is 0. The van der Waals surface area contributed by atoms with Crippen LogP contribution >= 0.6 is 11.8 Å². The number of nitrogens with one attached hydrogen (secondary N) is 1. The van der Waals surface area contributed by atoms with E-state index in [0.717, 1.165) is 17.7 Å². The summed E-state index contributed by atoms with van der Waals surface area (Å²) in [6.45, 7) is 4.15. The summed E-state index contributed by atoms with van der Waals surface area (Å²) in [6.07, 6.45) is 1.02. The molecule has 1 aromatic carbocycles. The number of aliphatic imine (C=N–C) groups is 1. The standard InChI is InChI=1S/C12H14F2N2S/c1-7-3-8(2)17-12(15-7)16-11-5-9(13)4-10(14)6-11/h4-8H,3H2,1-2H3,(H,15,16). The van der Waals surface area contributed by atoms with E-state index in [9.17, 15) is 8.78 Å². The SMILES string of the molecule is CC1CC(C)SC(Nc2cc(F)cc(F)c2)=N1. The number of nitrogens with zero attached hydrogens (tertiary/aromatic N) is 1. The predicted molar refractivity (Wildman–Crippen MR) is 68.5 cm³/mol. The molecule has 92 valence electrons. The van der Waals surface area contributed by atoms with Gasteiger partial charge in [-0.15, -0.1) is 0 Å². The second-order valence-corrected chi connectivity index (χ2v) is 5.66. The van der Waals surface area contributed by atoms with Gasteiger partial charge in [-0.05, 0) is 25.5 Å². The van der Waals surface area contributed by atoms with Crippen molar-refractivity contribution in [2.75, 3.05) is 5.32 Å². The molecule has 2 nitrogen and oxygen atoms in total. The van der Waals surface area contributed by atoms with Gasteiger partial charge >= 0.3 is 0 Å². The molecular formula is C12H14F2N2S. The van der Waals surface area contributed by atoms with Gasteiger partial charge in [-0.1, -0.05) is 18.7 Å². The van der Waals surface area contributed by atoms with Gasteiger partial charge < -0.3 is 5.32 Å². The molecule has 0 saturated heterocycles. The highest BCUT2D eigenvalue weighted by Gasteiger charge is 2.18. The first kappa shape index (κ1) is 12.4. The first-order valence-corrected chi connectivity index (χ1v) is 6.38. The Kier molecular flexibility index (Phi) is 3.66. The van der Waals surface area contributed by atoms with Crippen LogP contribution in [0.25, 0.3) is 0 Å². The molecule has 1 aromatic rings. The zero-order valence-electron chi connectivity index (χ0n) is 9.71. The molecule has 1 aliphatic rings. The van der Waals surface area contributed by atoms with E-state index in [2.05, 4.69) is 17.2 Å². The summed E-state index contributed by atoms with van der Waals surface area (Å²) < 4.78 is 26.0. The van der Waals surface area contributed by atoms with E-state index in [0.29, 0.717) is 10.9 Å². The Morgan fingerprint density at radius 3 is 2.47 bits per heavy atom. The molecule has 5 heteroatoms. The molecule has 1 aliphatic heterocycles. The predicted octanol–water partition coefficient (Wildman–Crippen LogP) is 3.65. The number of anilines is 1. The summed E-state index contributed by atoms with van der Waals surface area (Å²) in [5.74, 6) is -1.18. The molecule has 17 heavy (non-hydrogen) atoms. The Morgan fingerprint density at radius 1 is 1.24 bits per heavy atom. The van der Waals surface area contributed by atoms with Gasteiger partial charge in [-0.3, -0.25) is 4.99 Å². The van der Waals surface area contributed by atoms with Crippen molar-refractivity contribution < 1.29 is 8.78 Å². The van der Waals surface area contributed by atoms with Crippen LogP contribution < -0.4 is 5.32 Å². The van der Waals surface area contributed by atoms with Crippen LogP contribution in [0.4, 0.5) is 14.5 Å². The monoisotopic (exact) mass is 256 g/mol. The third-order valence-electron chi connectivity index (χ3n) is 2.44. The number of halogens is 2. The molecule has 2 unspecified atom stereocenters. The molecule has 1 N–H and O–H groups in total. The van der Waals surface area contributed by atoms with E-state index in [-0.39, 0.29) is 6.04 Å². The number of hydrogen-bond donors (Lipinski definition) is 1. The molecule has 0 aliphatic carbocycles. The van der Waals surface area contributed by atoms with Crippen molar-refractivity contribution in [2.24, 2.45) is 4.99 Å². The number of rotatable bonds is 1. The fourth-order valence-corrected chi connectivity index (χ4v) is 2.99. The van der Waals surface area contributed by atoms with Crippen LogP contribution in [0, 0.1) is 11.6 Å². The molecular weight excluding hydrogens is 242 g/mol. The smallest absolute Gasteiger partial charge is 0.161 e. The lowest BCUT2D eigenvalue weighted by Gasteiger charge is -2.23. The van der Waals surface area contributed by atoms with Crippen LogP contribution in [0.3, 0.4) is 0 Å². The largest absolute Gasteiger partial charge is 0.335 e. The van der Waals surface area contributed by atoms with Crippen LogP contribution in [-0.2, 0) is 0 Å². The van der Waals surface area contributed by atoms with Crippen molar-refractivity contribution in [1.29, 1.82) is 0 Å². The zero-order chi connectivity index (χ0) is 12.4. The Balaban J connectivity index is 2.15. The third-order valence-corrected chi connectivity index (χ3v) is 3.46. The number of benzene rings is 1. The molecule has 1 heterocycles. The molecule has 0 amide bonds. The van der Waals surface area contributed by atoms with Crippen LogP contribution in [0.1, 0.15) is 20.3 Å². The van der Waals surface area contributed by atoms with Crippen LogP contribution in [0.5, 0.6) is 0 Å². The highest BCUT2D eigenvalue weighted by molar-refractivity contribution is 8.14. The van der Waals surface area contributed by atoms with Crippen LogP contribution in [-0.4, -0.2) is 16.5 Å². The molecule has 2 atom stereocenters. The van der Waals surface area contributed by atoms with Crippen molar-refractivity contribution in [3.05, 3.63) is 29.8 Å². The zero-order valence-corrected chi connectivity index (χ0v) is 10.5. The van der Waals surface area contributed by atoms with Gasteiger partial charge in [0, 0.05) is 17.0 Å². The number of thioether (sulfide) groups is 1. The summed E-state index contributed by atoms with van der Waals surface area (Å²) in [5, 5.41) is 4.14. The Bertz CT molecular complexity index is 428. The lowest BCUT2D eigenvalue weighted by Crippen LogP contribution is -2.22. The fourth-order valence-electron chi connectivity index (χ4n) is 1.81. The van der Waals surface area contributed by atoms with Gasteiger partial charge in [0.1, 0.15) is 11.6 Å². The maximum absolute atomic E-state index is 13.0. The molecule has 2 rings (SSSR count). The minimum absolute atomic E-state index is 0.243. The molecule has 0 bridgehead atoms. The minimum atomic E-state index is -0.588. The lowest BCUT2D eigenvalue weighted by molar-refractivity contribution is 0.584. The van der Waals surface area contributed by atoms with Crippen molar-refractivity contribution in [1.82, 2.24) is 0 Å². The highest BCUT2D eigenvalue weighted by Crippen LogP contribution is 2.26. The molecule has 0 aromatic heterocycles. The quantitative estimate of drug-likeness (QED) is 0.829. The number of amidine groups is 1. The van der Waals surface area contributed by atoms with E-state index < -0.39 is 11.6 Å². The molecule has 0 spiro atoms. The first-order chi connectivity index (χ1) is 8.02. The minimum Gasteiger partial charge on any atom is -0.335 e. The second kappa shape index (κ2) is 5.04. The Hall–Kier alpha value is -1.10. The van der Waals surface area contributed by atoms with Crippen molar-refractivity contribution in [3.8, 4) is 0 Å². The van der Waals surface area contributed by atoms with Crippen LogP contribution in [0.2, 0.25) is 0 Å². The van der Waals surface area contributed by atoms with E-state index >= 15 is 0 Å². The summed E-state index contributed by atoms with van der Waals surface area (Å²) in [4.78, 5) is 4.41. The molecule has 0 fully saturated rings. The van der Waals surface area contributed by atoms with Crippen molar-refractivity contribution in [2.45, 2.75) is 31.6 Å². The number of hydrogen-bond acceptors (Lipinski definition) is 3. The van der Waals surface area contributed by atoms with Gasteiger partial charge in [0.25, 0.3) is 0 Å². The molecule has 0 saturated carbocycles. The Labute approximate surface area is 104 Å². The highest BCUT2D eigenvalue weighted by atomic mass is 32.2. The first-order valence-electron chi connectivity index (χ1n) is 5.50. The van der Waals surface area contributed by atoms with Gasteiger partial charge in [0.15, 0.2) is 5.17 Å². The average molecular weight is 256 g/mol. The van der Waals surface area contributed by atoms with Crippen molar-refractivity contribution >= 4 is 22.6 Å². The van der Waals surface area contributed by atoms with Gasteiger partial charge in [-0.2, -0.15) is 0 Å². The molecule has 0 radical (unpaired) electrons. The van der Waals surface area contributed by atoms with Gasteiger partial charge in [0.2, 0.25) is 0 Å². The summed E-state index contributed by atoms with van der Waals surface area (Å²) in [5.41, 5.74) is 0.398. The maximum atomic E-state index is 13.0. The fraction of sp³-hybridized carbons (Fsp3) is 0.417. The van der Waals surface area contributed by atoms with Gasteiger partial charge in [0.05, 0.1) is 6.04 Å². The normalized spacial score (nSPS) is 24.4. The maximum Gasteiger partial charge on any atom is 0.161 e. The van der Waals surface area contributed by atoms with Crippen LogP contribution in [0.15, 0.2) is 23.2 Å². The lowest BCUT2D eigenvalue weighted by atomic mass is 10.2. The van der Waals surface area contributed by atoms with E-state index in [1.807, 2.05) is 6.92 Å². The topological polar surface area (TPSA) is 24.4 Å². The van der Waals surface area contributed by atoms with Crippen molar-refractivity contribution in [3.63, 3.8) is 0 Å². The Morgan fingerprint density at radius 2 is 1.88 bits per heavy atom. The summed E-state index contributed by atoms with van der Waals surface area (Å²) >= 11 is 1.59. The third kappa shape index (κ3) is 3.43.